The summed E-state index contributed by atoms with van der Waals surface area (Å²) in [5.74, 6) is 0. The summed E-state index contributed by atoms with van der Waals surface area (Å²) in [6.07, 6.45) is 1.50. The van der Waals surface area contributed by atoms with Crippen molar-refractivity contribution in [3.05, 3.63) is 71.3 Å². The lowest BCUT2D eigenvalue weighted by atomic mass is 10.0. The molecule has 150 valence electrons. The highest BCUT2D eigenvalue weighted by atomic mass is 32.2. The molecule has 0 spiro atoms. The number of rotatable bonds is 5. The first kappa shape index (κ1) is 19.2. The summed E-state index contributed by atoms with van der Waals surface area (Å²) in [6, 6.07) is 14.4. The van der Waals surface area contributed by atoms with Gasteiger partial charge in [-0.05, 0) is 37.1 Å². The Bertz CT molecular complexity index is 1310. The minimum Gasteiger partial charge on any atom is -0.276 e. The standard InChI is InChI=1S/C21H23N5O2S/c1-14-20(13-25(4)22-14)29(27,28)24-21-15(2)23-26(16(21)3)12-18-10-7-9-17-8-5-6-11-19(17)18/h5-11,13,24H,12H2,1-4H3. The van der Waals surface area contributed by atoms with E-state index in [1.807, 2.05) is 29.8 Å². The number of benzene rings is 2. The lowest BCUT2D eigenvalue weighted by molar-refractivity contribution is 0.600. The van der Waals surface area contributed by atoms with Gasteiger partial charge in [0.1, 0.15) is 4.90 Å². The fourth-order valence-corrected chi connectivity index (χ4v) is 5.02. The molecular weight excluding hydrogens is 386 g/mol. The highest BCUT2D eigenvalue weighted by Crippen LogP contribution is 2.26. The lowest BCUT2D eigenvalue weighted by Crippen LogP contribution is -2.15. The first-order valence-electron chi connectivity index (χ1n) is 9.30. The van der Waals surface area contributed by atoms with Crippen molar-refractivity contribution in [2.24, 2.45) is 7.05 Å². The number of nitrogens with one attached hydrogen (secondary N) is 1. The Morgan fingerprint density at radius 1 is 0.966 bits per heavy atom. The maximum atomic E-state index is 12.9. The van der Waals surface area contributed by atoms with Gasteiger partial charge in [0.05, 0.1) is 29.3 Å². The predicted octanol–water partition coefficient (Wildman–Crippen LogP) is 3.54. The smallest absolute Gasteiger partial charge is 0.265 e. The van der Waals surface area contributed by atoms with Crippen LogP contribution in [0, 0.1) is 20.8 Å². The molecule has 0 saturated heterocycles. The Labute approximate surface area is 170 Å². The molecule has 0 atom stereocenters. The van der Waals surface area contributed by atoms with Gasteiger partial charge in [-0.2, -0.15) is 10.2 Å². The Kier molecular flexibility index (Phi) is 4.66. The van der Waals surface area contributed by atoms with Crippen molar-refractivity contribution in [1.29, 1.82) is 0 Å². The molecule has 0 aliphatic carbocycles. The van der Waals surface area contributed by atoms with Crippen molar-refractivity contribution >= 4 is 26.5 Å². The summed E-state index contributed by atoms with van der Waals surface area (Å²) in [7, 11) is -2.05. The molecule has 0 aliphatic rings. The van der Waals surface area contributed by atoms with Crippen LogP contribution in [0.15, 0.2) is 53.6 Å². The number of anilines is 1. The fraction of sp³-hybridized carbons (Fsp3) is 0.238. The van der Waals surface area contributed by atoms with Crippen molar-refractivity contribution < 1.29 is 8.42 Å². The molecule has 29 heavy (non-hydrogen) atoms. The third kappa shape index (κ3) is 3.51. The average Bonchev–Trinajstić information content (AvgIpc) is 3.15. The van der Waals surface area contributed by atoms with Gasteiger partial charge in [0.15, 0.2) is 0 Å². The van der Waals surface area contributed by atoms with E-state index in [0.29, 0.717) is 23.6 Å². The predicted molar refractivity (Wildman–Crippen MR) is 114 cm³/mol. The lowest BCUT2D eigenvalue weighted by Gasteiger charge is -2.10. The van der Waals surface area contributed by atoms with Crippen LogP contribution in [0.4, 0.5) is 5.69 Å². The second kappa shape index (κ2) is 7.04. The van der Waals surface area contributed by atoms with Crippen LogP contribution in [0.5, 0.6) is 0 Å². The number of sulfonamides is 1. The molecule has 2 heterocycles. The van der Waals surface area contributed by atoms with Gasteiger partial charge < -0.3 is 0 Å². The van der Waals surface area contributed by atoms with E-state index in [1.54, 1.807) is 20.9 Å². The topological polar surface area (TPSA) is 81.8 Å². The summed E-state index contributed by atoms with van der Waals surface area (Å²) in [5.41, 5.74) is 3.49. The summed E-state index contributed by atoms with van der Waals surface area (Å²) >= 11 is 0. The SMILES string of the molecule is Cc1nn(C)cc1S(=O)(=O)Nc1c(C)nn(Cc2cccc3ccccc23)c1C. The first-order valence-corrected chi connectivity index (χ1v) is 10.8. The Morgan fingerprint density at radius 3 is 2.41 bits per heavy atom. The minimum atomic E-state index is -3.75. The van der Waals surface area contributed by atoms with Gasteiger partial charge in [0.25, 0.3) is 10.0 Å². The largest absolute Gasteiger partial charge is 0.276 e. The highest BCUT2D eigenvalue weighted by Gasteiger charge is 2.23. The van der Waals surface area contributed by atoms with Crippen LogP contribution in [-0.2, 0) is 23.6 Å². The number of fused-ring (bicyclic) bond motifs is 1. The van der Waals surface area contributed by atoms with E-state index in [1.165, 1.54) is 16.3 Å². The van der Waals surface area contributed by atoms with E-state index in [0.717, 1.165) is 16.6 Å². The van der Waals surface area contributed by atoms with Gasteiger partial charge in [-0.25, -0.2) is 8.42 Å². The molecular formula is C21H23N5O2S. The van der Waals surface area contributed by atoms with Crippen LogP contribution in [0.3, 0.4) is 0 Å². The third-order valence-corrected chi connectivity index (χ3v) is 6.53. The number of hydrogen-bond donors (Lipinski definition) is 1. The zero-order chi connectivity index (χ0) is 20.8. The van der Waals surface area contributed by atoms with Crippen LogP contribution in [-0.4, -0.2) is 28.0 Å². The number of aryl methyl sites for hydroxylation is 3. The highest BCUT2D eigenvalue weighted by molar-refractivity contribution is 7.92. The Morgan fingerprint density at radius 2 is 1.69 bits per heavy atom. The molecule has 0 unspecified atom stereocenters. The maximum Gasteiger partial charge on any atom is 0.265 e. The summed E-state index contributed by atoms with van der Waals surface area (Å²) < 4.78 is 31.8. The van der Waals surface area contributed by atoms with Crippen molar-refractivity contribution in [2.75, 3.05) is 4.72 Å². The fourth-order valence-electron chi connectivity index (χ4n) is 3.62. The molecule has 4 rings (SSSR count). The molecule has 8 heteroatoms. The molecule has 0 bridgehead atoms. The second-order valence-corrected chi connectivity index (χ2v) is 8.85. The quantitative estimate of drug-likeness (QED) is 0.547. The zero-order valence-electron chi connectivity index (χ0n) is 16.8. The maximum absolute atomic E-state index is 12.9. The van der Waals surface area contributed by atoms with Gasteiger partial charge in [-0.1, -0.05) is 42.5 Å². The third-order valence-electron chi connectivity index (χ3n) is 5.08. The molecule has 2 aromatic heterocycles. The molecule has 1 N–H and O–H groups in total. The molecule has 0 amide bonds. The van der Waals surface area contributed by atoms with E-state index in [2.05, 4.69) is 39.2 Å². The van der Waals surface area contributed by atoms with Gasteiger partial charge >= 0.3 is 0 Å². The summed E-state index contributed by atoms with van der Waals surface area (Å²) in [6.45, 7) is 5.92. The van der Waals surface area contributed by atoms with E-state index >= 15 is 0 Å². The number of hydrogen-bond acceptors (Lipinski definition) is 4. The van der Waals surface area contributed by atoms with Crippen molar-refractivity contribution in [1.82, 2.24) is 19.6 Å². The Balaban J connectivity index is 1.69. The Hall–Kier alpha value is -3.13. The van der Waals surface area contributed by atoms with Gasteiger partial charge in [0, 0.05) is 13.2 Å². The minimum absolute atomic E-state index is 0.167. The van der Waals surface area contributed by atoms with Crippen LogP contribution < -0.4 is 4.72 Å². The van der Waals surface area contributed by atoms with Crippen molar-refractivity contribution in [3.63, 3.8) is 0 Å². The monoisotopic (exact) mass is 409 g/mol. The van der Waals surface area contributed by atoms with E-state index < -0.39 is 10.0 Å². The normalized spacial score (nSPS) is 11.9. The zero-order valence-corrected chi connectivity index (χ0v) is 17.7. The van der Waals surface area contributed by atoms with E-state index in [9.17, 15) is 8.42 Å². The van der Waals surface area contributed by atoms with Crippen LogP contribution >= 0.6 is 0 Å². The average molecular weight is 410 g/mol. The van der Waals surface area contributed by atoms with Crippen molar-refractivity contribution in [2.45, 2.75) is 32.2 Å². The molecule has 0 aliphatic heterocycles. The van der Waals surface area contributed by atoms with Crippen LogP contribution in [0.2, 0.25) is 0 Å². The first-order chi connectivity index (χ1) is 13.8. The van der Waals surface area contributed by atoms with Gasteiger partial charge in [-0.3, -0.25) is 14.1 Å². The molecule has 0 fully saturated rings. The van der Waals surface area contributed by atoms with E-state index in [-0.39, 0.29) is 4.90 Å². The number of aromatic nitrogens is 4. The molecule has 4 aromatic rings. The van der Waals surface area contributed by atoms with Crippen LogP contribution in [0.25, 0.3) is 10.8 Å². The molecule has 2 aromatic carbocycles. The van der Waals surface area contributed by atoms with E-state index in [4.69, 9.17) is 0 Å². The summed E-state index contributed by atoms with van der Waals surface area (Å²) in [4.78, 5) is 0.167. The molecule has 0 saturated carbocycles. The van der Waals surface area contributed by atoms with Crippen molar-refractivity contribution in [3.8, 4) is 0 Å². The second-order valence-electron chi connectivity index (χ2n) is 7.20. The van der Waals surface area contributed by atoms with Crippen LogP contribution in [0.1, 0.15) is 22.6 Å². The van der Waals surface area contributed by atoms with Gasteiger partial charge in [0.2, 0.25) is 0 Å². The molecule has 7 nitrogen and oxygen atoms in total. The van der Waals surface area contributed by atoms with Gasteiger partial charge in [-0.15, -0.1) is 0 Å². The molecule has 0 radical (unpaired) electrons. The number of nitrogens with zero attached hydrogens (tertiary/aromatic N) is 4. The summed E-state index contributed by atoms with van der Waals surface area (Å²) in [5, 5.41) is 11.0.